The molecule has 2 rings (SSSR count). The predicted octanol–water partition coefficient (Wildman–Crippen LogP) is 2.84. The molecule has 1 unspecified atom stereocenters. The molecule has 1 atom stereocenters. The maximum Gasteiger partial charge on any atom is 0.242 e. The quantitative estimate of drug-likeness (QED) is 0.864. The highest BCUT2D eigenvalue weighted by Gasteiger charge is 2.30. The Balaban J connectivity index is 2.27. The van der Waals surface area contributed by atoms with Gasteiger partial charge in [0.05, 0.1) is 11.0 Å². The minimum Gasteiger partial charge on any atom is -0.393 e. The molecule has 1 fully saturated rings. The lowest BCUT2D eigenvalue weighted by Gasteiger charge is -2.29. The second-order valence-electron chi connectivity index (χ2n) is 6.43. The van der Waals surface area contributed by atoms with Crippen LogP contribution >= 0.6 is 0 Å². The van der Waals surface area contributed by atoms with Crippen molar-refractivity contribution in [1.29, 1.82) is 0 Å². The molecule has 1 heterocycles. The maximum atomic E-state index is 12.8. The molecule has 4 nitrogen and oxygen atoms in total. The van der Waals surface area contributed by atoms with Gasteiger partial charge in [-0.25, -0.2) is 8.42 Å². The first-order valence-corrected chi connectivity index (χ1v) is 9.58. The number of hydrogen-bond acceptors (Lipinski definition) is 3. The Kier molecular flexibility index (Phi) is 5.64. The van der Waals surface area contributed by atoms with Crippen LogP contribution in [0.5, 0.6) is 0 Å². The van der Waals surface area contributed by atoms with Gasteiger partial charge in [0.2, 0.25) is 10.0 Å². The molecule has 0 bridgehead atoms. The minimum atomic E-state index is -3.46. The van der Waals surface area contributed by atoms with Crippen molar-refractivity contribution in [3.63, 3.8) is 0 Å². The summed E-state index contributed by atoms with van der Waals surface area (Å²) in [5, 5.41) is 9.57. The van der Waals surface area contributed by atoms with E-state index < -0.39 is 10.0 Å². The number of aliphatic hydroxyl groups excluding tert-OH is 1. The molecular weight excluding hydrogens is 298 g/mol. The lowest BCUT2D eigenvalue weighted by molar-refractivity contribution is 0.113. The number of nitrogens with zero attached hydrogens (tertiary/aromatic N) is 1. The molecule has 0 aromatic heterocycles. The van der Waals surface area contributed by atoms with Gasteiger partial charge in [0.25, 0.3) is 0 Å². The van der Waals surface area contributed by atoms with Crippen LogP contribution in [0.3, 0.4) is 0 Å². The molecule has 0 aromatic carbocycles. The molecule has 22 heavy (non-hydrogen) atoms. The van der Waals surface area contributed by atoms with Gasteiger partial charge < -0.3 is 5.11 Å². The van der Waals surface area contributed by atoms with E-state index in [0.29, 0.717) is 36.8 Å². The maximum absolute atomic E-state index is 12.8. The highest BCUT2D eigenvalue weighted by molar-refractivity contribution is 7.93. The summed E-state index contributed by atoms with van der Waals surface area (Å²) < 4.78 is 27.2. The number of rotatable bonds is 4. The molecule has 1 aliphatic heterocycles. The molecule has 0 aromatic rings. The number of piperidine rings is 1. The molecule has 1 aliphatic carbocycles. The Labute approximate surface area is 134 Å². The van der Waals surface area contributed by atoms with Gasteiger partial charge in [-0.2, -0.15) is 4.31 Å². The standard InChI is InChI=1S/C17H27NO3S/c1-4-14-11-15(13(2)3)5-6-17(12-14)22(20,21)18-9-7-16(19)8-10-18/h5-6,11-14,16,19H,4,7-10H2,1-3H3. The fraction of sp³-hybridized carbons (Fsp3) is 0.647. The van der Waals surface area contributed by atoms with Gasteiger partial charge in [-0.05, 0) is 42.7 Å². The van der Waals surface area contributed by atoms with Gasteiger partial charge >= 0.3 is 0 Å². The predicted molar refractivity (Wildman–Crippen MR) is 89.7 cm³/mol. The summed E-state index contributed by atoms with van der Waals surface area (Å²) in [5.41, 5.74) is 1.18. The van der Waals surface area contributed by atoms with Crippen LogP contribution in [0.2, 0.25) is 0 Å². The van der Waals surface area contributed by atoms with E-state index >= 15 is 0 Å². The Morgan fingerprint density at radius 2 is 1.86 bits per heavy atom. The van der Waals surface area contributed by atoms with E-state index in [-0.39, 0.29) is 12.0 Å². The van der Waals surface area contributed by atoms with Crippen LogP contribution < -0.4 is 0 Å². The molecule has 1 saturated heterocycles. The van der Waals surface area contributed by atoms with Crippen LogP contribution in [0.1, 0.15) is 40.0 Å². The third-order valence-electron chi connectivity index (χ3n) is 4.42. The van der Waals surface area contributed by atoms with E-state index in [1.165, 1.54) is 9.88 Å². The van der Waals surface area contributed by atoms with Crippen LogP contribution in [-0.2, 0) is 10.0 Å². The van der Waals surface area contributed by atoms with Crippen LogP contribution in [0.15, 0.2) is 34.8 Å². The van der Waals surface area contributed by atoms with Gasteiger partial charge in [-0.1, -0.05) is 39.0 Å². The first-order valence-electron chi connectivity index (χ1n) is 8.14. The first-order chi connectivity index (χ1) is 10.3. The average Bonchev–Trinajstić information content (AvgIpc) is 2.70. The van der Waals surface area contributed by atoms with Crippen molar-refractivity contribution in [1.82, 2.24) is 4.31 Å². The van der Waals surface area contributed by atoms with Gasteiger partial charge in [0, 0.05) is 13.1 Å². The summed E-state index contributed by atoms with van der Waals surface area (Å²) in [4.78, 5) is 0.391. The zero-order chi connectivity index (χ0) is 16.3. The molecule has 0 spiro atoms. The Hall–Kier alpha value is -0.910. The molecule has 1 N–H and O–H groups in total. The summed E-state index contributed by atoms with van der Waals surface area (Å²) in [6.45, 7) is 7.11. The lowest BCUT2D eigenvalue weighted by atomic mass is 9.97. The Morgan fingerprint density at radius 3 is 2.41 bits per heavy atom. The average molecular weight is 325 g/mol. The second-order valence-corrected chi connectivity index (χ2v) is 8.37. The van der Waals surface area contributed by atoms with Gasteiger partial charge in [-0.3, -0.25) is 0 Å². The van der Waals surface area contributed by atoms with E-state index in [9.17, 15) is 13.5 Å². The zero-order valence-electron chi connectivity index (χ0n) is 13.7. The van der Waals surface area contributed by atoms with Crippen molar-refractivity contribution in [2.24, 2.45) is 11.8 Å². The second kappa shape index (κ2) is 7.11. The van der Waals surface area contributed by atoms with Crippen molar-refractivity contribution < 1.29 is 13.5 Å². The van der Waals surface area contributed by atoms with E-state index in [2.05, 4.69) is 26.8 Å². The van der Waals surface area contributed by atoms with Crippen LogP contribution in [0, 0.1) is 11.8 Å². The van der Waals surface area contributed by atoms with Crippen LogP contribution in [0.25, 0.3) is 0 Å². The minimum absolute atomic E-state index is 0.146. The topological polar surface area (TPSA) is 57.6 Å². The molecule has 0 amide bonds. The third-order valence-corrected chi connectivity index (χ3v) is 6.34. The van der Waals surface area contributed by atoms with Crippen LogP contribution in [0.4, 0.5) is 0 Å². The third kappa shape index (κ3) is 3.89. The number of allylic oxidation sites excluding steroid dienone is 5. The number of sulfonamides is 1. The highest BCUT2D eigenvalue weighted by atomic mass is 32.2. The first kappa shape index (κ1) is 17.4. The van der Waals surface area contributed by atoms with Crippen molar-refractivity contribution in [2.75, 3.05) is 13.1 Å². The van der Waals surface area contributed by atoms with Crippen molar-refractivity contribution >= 4 is 10.0 Å². The monoisotopic (exact) mass is 325 g/mol. The number of aliphatic hydroxyl groups is 1. The molecular formula is C17H27NO3S. The van der Waals surface area contributed by atoms with Gasteiger partial charge in [-0.15, -0.1) is 0 Å². The normalized spacial score (nSPS) is 25.0. The molecule has 2 aliphatic rings. The lowest BCUT2D eigenvalue weighted by Crippen LogP contribution is -2.40. The van der Waals surface area contributed by atoms with Crippen molar-refractivity contribution in [3.8, 4) is 0 Å². The fourth-order valence-electron chi connectivity index (χ4n) is 2.82. The summed E-state index contributed by atoms with van der Waals surface area (Å²) in [6, 6.07) is 0. The largest absolute Gasteiger partial charge is 0.393 e. The van der Waals surface area contributed by atoms with Gasteiger partial charge in [0.15, 0.2) is 0 Å². The number of hydrogen-bond donors (Lipinski definition) is 1. The molecule has 124 valence electrons. The van der Waals surface area contributed by atoms with Crippen molar-refractivity contribution in [2.45, 2.75) is 46.1 Å². The molecule has 0 saturated carbocycles. The fourth-order valence-corrected chi connectivity index (χ4v) is 4.40. The summed E-state index contributed by atoms with van der Waals surface area (Å²) in [5.74, 6) is 0.526. The molecule has 0 radical (unpaired) electrons. The highest BCUT2D eigenvalue weighted by Crippen LogP contribution is 2.28. The van der Waals surface area contributed by atoms with E-state index in [1.54, 1.807) is 6.08 Å². The van der Waals surface area contributed by atoms with E-state index in [0.717, 1.165) is 6.42 Å². The van der Waals surface area contributed by atoms with Gasteiger partial charge in [0.1, 0.15) is 0 Å². The zero-order valence-corrected chi connectivity index (χ0v) is 14.5. The molecule has 5 heteroatoms. The van der Waals surface area contributed by atoms with E-state index in [4.69, 9.17) is 0 Å². The van der Waals surface area contributed by atoms with Crippen molar-refractivity contribution in [3.05, 3.63) is 34.8 Å². The summed E-state index contributed by atoms with van der Waals surface area (Å²) in [6.07, 6.45) is 9.25. The van der Waals surface area contributed by atoms with Crippen LogP contribution in [-0.4, -0.2) is 37.0 Å². The smallest absolute Gasteiger partial charge is 0.242 e. The van der Waals surface area contributed by atoms with E-state index in [1.807, 2.05) is 12.2 Å². The summed E-state index contributed by atoms with van der Waals surface area (Å²) >= 11 is 0. The summed E-state index contributed by atoms with van der Waals surface area (Å²) in [7, 11) is -3.46. The SMILES string of the molecule is CCC1C=C(C(C)C)C=CC(S(=O)(=O)N2CCC(O)CC2)=C1. The Morgan fingerprint density at radius 1 is 1.23 bits per heavy atom. The Bertz CT molecular complexity index is 579.